The van der Waals surface area contributed by atoms with Crippen molar-refractivity contribution in [3.63, 3.8) is 0 Å². The van der Waals surface area contributed by atoms with Crippen molar-refractivity contribution in [2.45, 2.75) is 6.67 Å². The van der Waals surface area contributed by atoms with E-state index in [1.807, 2.05) is 18.2 Å². The molecule has 44 heavy (non-hydrogen) atoms. The van der Waals surface area contributed by atoms with Crippen LogP contribution in [0.3, 0.4) is 0 Å². The molecule has 1 aliphatic rings. The lowest BCUT2D eigenvalue weighted by atomic mass is 10.1. The number of carbonyl (C=O) groups is 1. The first-order valence-corrected chi connectivity index (χ1v) is 14.1. The minimum absolute atomic E-state index is 0.356. The number of benzene rings is 3. The van der Waals surface area contributed by atoms with Crippen molar-refractivity contribution < 1.29 is 18.7 Å². The summed E-state index contributed by atoms with van der Waals surface area (Å²) in [4.78, 5) is 28.5. The molecular weight excluding hydrogens is 563 g/mol. The number of methoxy groups -OCH3 is 1. The van der Waals surface area contributed by atoms with E-state index in [1.54, 1.807) is 60.5 Å². The van der Waals surface area contributed by atoms with Crippen molar-refractivity contribution in [1.29, 1.82) is 0 Å². The third kappa shape index (κ3) is 6.76. The zero-order valence-corrected chi connectivity index (χ0v) is 24.0. The van der Waals surface area contributed by atoms with Gasteiger partial charge in [0.15, 0.2) is 0 Å². The predicted molar refractivity (Wildman–Crippen MR) is 167 cm³/mol. The molecule has 0 radical (unpaired) electrons. The van der Waals surface area contributed by atoms with Crippen LogP contribution in [-0.2, 0) is 11.4 Å². The molecule has 3 aromatic carbocycles. The summed E-state index contributed by atoms with van der Waals surface area (Å²) in [6.45, 7) is 2.59. The molecule has 12 heteroatoms. The van der Waals surface area contributed by atoms with Crippen LogP contribution >= 0.6 is 0 Å². The highest BCUT2D eigenvalue weighted by molar-refractivity contribution is 6.04. The molecule has 3 heterocycles. The molecule has 11 nitrogen and oxygen atoms in total. The van der Waals surface area contributed by atoms with E-state index < -0.39 is 6.67 Å². The van der Waals surface area contributed by atoms with Crippen LogP contribution in [0.1, 0.15) is 15.9 Å². The van der Waals surface area contributed by atoms with Crippen molar-refractivity contribution in [2.24, 2.45) is 0 Å². The van der Waals surface area contributed by atoms with Gasteiger partial charge in [-0.05, 0) is 48.0 Å². The molecule has 6 rings (SSSR count). The van der Waals surface area contributed by atoms with Gasteiger partial charge in [0.2, 0.25) is 5.95 Å². The summed E-state index contributed by atoms with van der Waals surface area (Å²) in [6.07, 6.45) is 4.93. The second kappa shape index (κ2) is 13.2. The SMILES string of the molecule is COc1cc(NC(=O)c2cccc(CF)c2)cc(Nc2nccn2-c2cc(Nc3ccc(N4CCOCC4)cc3)ncn2)c1. The Morgan fingerprint density at radius 2 is 1.75 bits per heavy atom. The number of alkyl halides is 1. The van der Waals surface area contributed by atoms with Gasteiger partial charge in [-0.3, -0.25) is 9.36 Å². The Morgan fingerprint density at radius 3 is 2.55 bits per heavy atom. The van der Waals surface area contributed by atoms with Crippen LogP contribution in [0, 0.1) is 0 Å². The molecule has 3 N–H and O–H groups in total. The van der Waals surface area contributed by atoms with Crippen LogP contribution < -0.4 is 25.6 Å². The monoisotopic (exact) mass is 594 g/mol. The average molecular weight is 595 g/mol. The van der Waals surface area contributed by atoms with Crippen LogP contribution in [0.15, 0.2) is 91.5 Å². The number of hydrogen-bond donors (Lipinski definition) is 3. The summed E-state index contributed by atoms with van der Waals surface area (Å²) in [7, 11) is 1.54. The Hall–Kier alpha value is -5.49. The largest absolute Gasteiger partial charge is 0.497 e. The van der Waals surface area contributed by atoms with Gasteiger partial charge in [-0.2, -0.15) is 0 Å². The van der Waals surface area contributed by atoms with Gasteiger partial charge >= 0.3 is 0 Å². The van der Waals surface area contributed by atoms with Gasteiger partial charge in [0.05, 0.1) is 20.3 Å². The van der Waals surface area contributed by atoms with Crippen molar-refractivity contribution >= 4 is 40.4 Å². The number of carbonyl (C=O) groups excluding carboxylic acids is 1. The van der Waals surface area contributed by atoms with E-state index in [9.17, 15) is 9.18 Å². The number of morpholine rings is 1. The van der Waals surface area contributed by atoms with Crippen LogP contribution in [0.25, 0.3) is 5.82 Å². The minimum Gasteiger partial charge on any atom is -0.497 e. The molecule has 0 aliphatic carbocycles. The van der Waals surface area contributed by atoms with Crippen LogP contribution in [0.2, 0.25) is 0 Å². The zero-order valence-electron chi connectivity index (χ0n) is 24.0. The Balaban J connectivity index is 1.17. The highest BCUT2D eigenvalue weighted by Crippen LogP contribution is 2.28. The van der Waals surface area contributed by atoms with Gasteiger partial charge in [0, 0.05) is 72.0 Å². The number of ether oxygens (including phenoxy) is 2. The Morgan fingerprint density at radius 1 is 0.932 bits per heavy atom. The van der Waals surface area contributed by atoms with E-state index >= 15 is 0 Å². The number of rotatable bonds is 10. The third-order valence-electron chi connectivity index (χ3n) is 7.06. The fourth-order valence-corrected chi connectivity index (χ4v) is 4.84. The van der Waals surface area contributed by atoms with Gasteiger partial charge in [0.25, 0.3) is 5.91 Å². The number of amides is 1. The molecule has 0 bridgehead atoms. The first kappa shape index (κ1) is 28.6. The highest BCUT2D eigenvalue weighted by atomic mass is 19.1. The number of imidazole rings is 1. The van der Waals surface area contributed by atoms with Crippen molar-refractivity contribution in [3.8, 4) is 11.6 Å². The van der Waals surface area contributed by atoms with E-state index in [1.165, 1.54) is 12.4 Å². The summed E-state index contributed by atoms with van der Waals surface area (Å²) in [6, 6.07) is 21.7. The van der Waals surface area contributed by atoms with Crippen molar-refractivity contribution in [3.05, 3.63) is 103 Å². The summed E-state index contributed by atoms with van der Waals surface area (Å²) in [5, 5.41) is 9.48. The van der Waals surface area contributed by atoms with Gasteiger partial charge in [0.1, 0.15) is 30.4 Å². The lowest BCUT2D eigenvalue weighted by molar-refractivity contribution is 0.102. The standard InChI is InChI=1S/C32H31FN8O3/c1-43-28-17-25(38-31(42)23-4-2-3-22(15-23)20-33)16-26(18-28)39-32-34-9-10-41(32)30-19-29(35-21-36-30)37-24-5-7-27(8-6-24)40-11-13-44-14-12-40/h2-10,15-19,21H,11-14,20H2,1H3,(H,34,39)(H,38,42)(H,35,36,37). The van der Waals surface area contributed by atoms with E-state index in [0.717, 1.165) is 37.7 Å². The lowest BCUT2D eigenvalue weighted by Crippen LogP contribution is -2.36. The van der Waals surface area contributed by atoms with Crippen LogP contribution in [0.5, 0.6) is 5.75 Å². The predicted octanol–water partition coefficient (Wildman–Crippen LogP) is 5.72. The molecule has 1 saturated heterocycles. The molecule has 0 saturated carbocycles. The molecule has 1 aliphatic heterocycles. The maximum Gasteiger partial charge on any atom is 0.255 e. The molecule has 0 unspecified atom stereocenters. The number of nitrogens with one attached hydrogen (secondary N) is 3. The Bertz CT molecular complexity index is 1740. The first-order valence-electron chi connectivity index (χ1n) is 14.1. The van der Waals surface area contributed by atoms with Crippen LogP contribution in [-0.4, -0.2) is 58.8 Å². The number of hydrogen-bond acceptors (Lipinski definition) is 9. The molecule has 1 fully saturated rings. The fourth-order valence-electron chi connectivity index (χ4n) is 4.84. The second-order valence-electron chi connectivity index (χ2n) is 10.0. The molecule has 0 spiro atoms. The lowest BCUT2D eigenvalue weighted by Gasteiger charge is -2.28. The quantitative estimate of drug-likeness (QED) is 0.187. The number of aromatic nitrogens is 4. The first-order chi connectivity index (χ1) is 21.6. The molecule has 224 valence electrons. The van der Waals surface area contributed by atoms with Crippen molar-refractivity contribution in [1.82, 2.24) is 19.5 Å². The van der Waals surface area contributed by atoms with E-state index in [2.05, 4.69) is 47.9 Å². The van der Waals surface area contributed by atoms with Crippen LogP contribution in [0.4, 0.5) is 38.9 Å². The summed E-state index contributed by atoms with van der Waals surface area (Å²) in [5.74, 6) is 1.87. The average Bonchev–Trinajstić information content (AvgIpc) is 3.53. The maximum absolute atomic E-state index is 13.1. The normalized spacial score (nSPS) is 12.9. The molecule has 2 aromatic heterocycles. The van der Waals surface area contributed by atoms with E-state index in [0.29, 0.717) is 45.8 Å². The van der Waals surface area contributed by atoms with E-state index in [4.69, 9.17) is 9.47 Å². The smallest absolute Gasteiger partial charge is 0.255 e. The number of anilines is 6. The zero-order chi connectivity index (χ0) is 30.3. The highest BCUT2D eigenvalue weighted by Gasteiger charge is 2.14. The fraction of sp³-hybridized carbons (Fsp3) is 0.188. The van der Waals surface area contributed by atoms with Gasteiger partial charge in [-0.25, -0.2) is 19.3 Å². The number of halogens is 1. The topological polar surface area (TPSA) is 118 Å². The van der Waals surface area contributed by atoms with Gasteiger partial charge in [-0.15, -0.1) is 0 Å². The Labute approximate surface area is 253 Å². The summed E-state index contributed by atoms with van der Waals surface area (Å²) in [5.41, 5.74) is 3.96. The summed E-state index contributed by atoms with van der Waals surface area (Å²) >= 11 is 0. The second-order valence-corrected chi connectivity index (χ2v) is 10.0. The molecule has 5 aromatic rings. The number of nitrogens with zero attached hydrogens (tertiary/aromatic N) is 5. The van der Waals surface area contributed by atoms with Gasteiger partial charge < -0.3 is 30.3 Å². The minimum atomic E-state index is -0.645. The maximum atomic E-state index is 13.1. The summed E-state index contributed by atoms with van der Waals surface area (Å²) < 4.78 is 25.8. The Kier molecular flexibility index (Phi) is 8.60. The molecule has 1 amide bonds. The molecular formula is C32H31FN8O3. The molecule has 0 atom stereocenters. The van der Waals surface area contributed by atoms with E-state index in [-0.39, 0.29) is 5.91 Å². The van der Waals surface area contributed by atoms with Crippen molar-refractivity contribution in [2.75, 3.05) is 54.3 Å². The third-order valence-corrected chi connectivity index (χ3v) is 7.06. The van der Waals surface area contributed by atoms with Gasteiger partial charge in [-0.1, -0.05) is 12.1 Å².